The van der Waals surface area contributed by atoms with Crippen LogP contribution < -0.4 is 10.1 Å². The van der Waals surface area contributed by atoms with E-state index in [1.807, 2.05) is 18.4 Å². The maximum absolute atomic E-state index is 13.1. The van der Waals surface area contributed by atoms with Crippen LogP contribution in [0.1, 0.15) is 21.6 Å². The number of thiazole rings is 1. The van der Waals surface area contributed by atoms with E-state index in [1.165, 1.54) is 23.5 Å². The smallest absolute Gasteiger partial charge is 0.257 e. The van der Waals surface area contributed by atoms with Gasteiger partial charge in [0.05, 0.1) is 5.69 Å². The molecule has 1 heterocycles. The van der Waals surface area contributed by atoms with Gasteiger partial charge in [-0.15, -0.1) is 11.3 Å². The third-order valence-corrected chi connectivity index (χ3v) is 4.11. The Morgan fingerprint density at radius 2 is 2.08 bits per heavy atom. The minimum Gasteiger partial charge on any atom is -0.489 e. The number of nitrogens with one attached hydrogen (secondary N) is 1. The summed E-state index contributed by atoms with van der Waals surface area (Å²) < 4.78 is 18.7. The Morgan fingerprint density at radius 3 is 2.83 bits per heavy atom. The molecular formula is C18H15FN2O2S. The van der Waals surface area contributed by atoms with E-state index in [2.05, 4.69) is 10.3 Å². The second kappa shape index (κ2) is 7.23. The number of anilines is 1. The number of amides is 1. The Balaban J connectivity index is 1.66. The van der Waals surface area contributed by atoms with Crippen LogP contribution in [0.2, 0.25) is 0 Å². The summed E-state index contributed by atoms with van der Waals surface area (Å²) in [4.78, 5) is 16.5. The first-order valence-corrected chi connectivity index (χ1v) is 8.19. The van der Waals surface area contributed by atoms with Gasteiger partial charge in [0.15, 0.2) is 5.13 Å². The van der Waals surface area contributed by atoms with Crippen LogP contribution in [0.3, 0.4) is 0 Å². The number of hydrogen-bond acceptors (Lipinski definition) is 4. The Labute approximate surface area is 142 Å². The van der Waals surface area contributed by atoms with Gasteiger partial charge in [-0.05, 0) is 36.8 Å². The summed E-state index contributed by atoms with van der Waals surface area (Å²) in [6, 6.07) is 13.1. The minimum atomic E-state index is -0.348. The first-order valence-electron chi connectivity index (χ1n) is 7.31. The van der Waals surface area contributed by atoms with E-state index in [9.17, 15) is 9.18 Å². The highest BCUT2D eigenvalue weighted by Crippen LogP contribution is 2.17. The molecule has 0 atom stereocenters. The third-order valence-electron chi connectivity index (χ3n) is 3.23. The lowest BCUT2D eigenvalue weighted by Gasteiger charge is -2.08. The molecule has 0 bridgehead atoms. The van der Waals surface area contributed by atoms with Crippen LogP contribution >= 0.6 is 11.3 Å². The SMILES string of the molecule is Cc1csc(NC(=O)c2cccc(COc3cccc(F)c3)c2)n1. The zero-order valence-corrected chi connectivity index (χ0v) is 13.8. The number of benzene rings is 2. The van der Waals surface area contributed by atoms with E-state index in [4.69, 9.17) is 4.74 Å². The Morgan fingerprint density at radius 1 is 1.25 bits per heavy atom. The van der Waals surface area contributed by atoms with Gasteiger partial charge in [-0.25, -0.2) is 9.37 Å². The van der Waals surface area contributed by atoms with Crippen molar-refractivity contribution in [3.8, 4) is 5.75 Å². The molecule has 0 aliphatic rings. The Kier molecular flexibility index (Phi) is 4.86. The fourth-order valence-electron chi connectivity index (χ4n) is 2.11. The molecule has 2 aromatic carbocycles. The van der Waals surface area contributed by atoms with E-state index in [-0.39, 0.29) is 18.3 Å². The number of aryl methyl sites for hydroxylation is 1. The molecule has 4 nitrogen and oxygen atoms in total. The minimum absolute atomic E-state index is 0.225. The van der Waals surface area contributed by atoms with Crippen molar-refractivity contribution in [3.63, 3.8) is 0 Å². The number of aromatic nitrogens is 1. The Hall–Kier alpha value is -2.73. The summed E-state index contributed by atoms with van der Waals surface area (Å²) in [5, 5.41) is 5.21. The fourth-order valence-corrected chi connectivity index (χ4v) is 2.79. The van der Waals surface area contributed by atoms with Crippen molar-refractivity contribution in [1.82, 2.24) is 4.98 Å². The number of carbonyl (C=O) groups is 1. The zero-order valence-electron chi connectivity index (χ0n) is 13.0. The molecule has 1 aromatic heterocycles. The lowest BCUT2D eigenvalue weighted by molar-refractivity contribution is 0.102. The first kappa shape index (κ1) is 16.1. The summed E-state index contributed by atoms with van der Waals surface area (Å²) in [6.45, 7) is 2.12. The average molecular weight is 342 g/mol. The summed E-state index contributed by atoms with van der Waals surface area (Å²) in [5.41, 5.74) is 2.21. The second-order valence-electron chi connectivity index (χ2n) is 5.19. The lowest BCUT2D eigenvalue weighted by Crippen LogP contribution is -2.12. The van der Waals surface area contributed by atoms with Crippen LogP contribution in [0.5, 0.6) is 5.75 Å². The van der Waals surface area contributed by atoms with Gasteiger partial charge in [-0.2, -0.15) is 0 Å². The number of nitrogens with zero attached hydrogens (tertiary/aromatic N) is 1. The zero-order chi connectivity index (χ0) is 16.9. The van der Waals surface area contributed by atoms with E-state index < -0.39 is 0 Å². The summed E-state index contributed by atoms with van der Waals surface area (Å²) in [5.74, 6) is -0.126. The predicted octanol–water partition coefficient (Wildman–Crippen LogP) is 4.42. The number of rotatable bonds is 5. The highest BCUT2D eigenvalue weighted by Gasteiger charge is 2.09. The fraction of sp³-hybridized carbons (Fsp3) is 0.111. The molecule has 0 radical (unpaired) electrons. The van der Waals surface area contributed by atoms with Crippen LogP contribution in [0, 0.1) is 12.7 Å². The highest BCUT2D eigenvalue weighted by atomic mass is 32.1. The Bertz CT molecular complexity index is 863. The van der Waals surface area contributed by atoms with Crippen molar-refractivity contribution in [3.05, 3.63) is 76.5 Å². The normalized spacial score (nSPS) is 10.4. The largest absolute Gasteiger partial charge is 0.489 e. The maximum Gasteiger partial charge on any atom is 0.257 e. The summed E-state index contributed by atoms with van der Waals surface area (Å²) in [7, 11) is 0. The molecule has 0 aliphatic carbocycles. The molecular weight excluding hydrogens is 327 g/mol. The van der Waals surface area contributed by atoms with Gasteiger partial charge in [0, 0.05) is 17.0 Å². The number of halogens is 1. The van der Waals surface area contributed by atoms with Crippen LogP contribution in [-0.2, 0) is 6.61 Å². The first-order chi connectivity index (χ1) is 11.6. The molecule has 0 spiro atoms. The number of carbonyl (C=O) groups excluding carboxylic acids is 1. The summed E-state index contributed by atoms with van der Waals surface area (Å²) >= 11 is 1.38. The van der Waals surface area contributed by atoms with E-state index >= 15 is 0 Å². The van der Waals surface area contributed by atoms with Crippen molar-refractivity contribution in [2.75, 3.05) is 5.32 Å². The molecule has 0 aliphatic heterocycles. The van der Waals surface area contributed by atoms with Crippen LogP contribution in [0.25, 0.3) is 0 Å². The van der Waals surface area contributed by atoms with Crippen LogP contribution in [0.15, 0.2) is 53.9 Å². The van der Waals surface area contributed by atoms with E-state index in [0.29, 0.717) is 16.4 Å². The van der Waals surface area contributed by atoms with Crippen molar-refractivity contribution in [2.24, 2.45) is 0 Å². The molecule has 0 unspecified atom stereocenters. The van der Waals surface area contributed by atoms with Gasteiger partial charge in [-0.1, -0.05) is 18.2 Å². The summed E-state index contributed by atoms with van der Waals surface area (Å²) in [6.07, 6.45) is 0. The topological polar surface area (TPSA) is 51.2 Å². The number of hydrogen-bond donors (Lipinski definition) is 1. The van der Waals surface area contributed by atoms with Gasteiger partial charge in [0.25, 0.3) is 5.91 Å². The van der Waals surface area contributed by atoms with Gasteiger partial charge in [0.1, 0.15) is 18.2 Å². The van der Waals surface area contributed by atoms with Crippen molar-refractivity contribution in [1.29, 1.82) is 0 Å². The van der Waals surface area contributed by atoms with E-state index in [1.54, 1.807) is 30.3 Å². The molecule has 3 rings (SSSR count). The molecule has 6 heteroatoms. The average Bonchev–Trinajstić information content (AvgIpc) is 2.98. The lowest BCUT2D eigenvalue weighted by atomic mass is 10.1. The van der Waals surface area contributed by atoms with Crippen LogP contribution in [0.4, 0.5) is 9.52 Å². The molecule has 24 heavy (non-hydrogen) atoms. The van der Waals surface area contributed by atoms with E-state index in [0.717, 1.165) is 11.3 Å². The standard InChI is InChI=1S/C18H15FN2O2S/c1-12-11-24-18(20-12)21-17(22)14-5-2-4-13(8-14)10-23-16-7-3-6-15(19)9-16/h2-9,11H,10H2,1H3,(H,20,21,22). The number of ether oxygens (including phenoxy) is 1. The van der Waals surface area contributed by atoms with Crippen LogP contribution in [-0.4, -0.2) is 10.9 Å². The maximum atomic E-state index is 13.1. The van der Waals surface area contributed by atoms with Gasteiger partial charge in [0.2, 0.25) is 0 Å². The molecule has 122 valence electrons. The highest BCUT2D eigenvalue weighted by molar-refractivity contribution is 7.13. The predicted molar refractivity (Wildman–Crippen MR) is 92.0 cm³/mol. The van der Waals surface area contributed by atoms with Gasteiger partial charge < -0.3 is 4.74 Å². The molecule has 0 saturated heterocycles. The van der Waals surface area contributed by atoms with Gasteiger partial charge in [-0.3, -0.25) is 10.1 Å². The third kappa shape index (κ3) is 4.17. The monoisotopic (exact) mass is 342 g/mol. The molecule has 3 aromatic rings. The second-order valence-corrected chi connectivity index (χ2v) is 6.05. The van der Waals surface area contributed by atoms with Gasteiger partial charge >= 0.3 is 0 Å². The molecule has 1 N–H and O–H groups in total. The molecule has 1 amide bonds. The van der Waals surface area contributed by atoms with Crippen molar-refractivity contribution in [2.45, 2.75) is 13.5 Å². The van der Waals surface area contributed by atoms with Crippen molar-refractivity contribution < 1.29 is 13.9 Å². The molecule has 0 saturated carbocycles. The van der Waals surface area contributed by atoms with Crippen molar-refractivity contribution >= 4 is 22.4 Å². The quantitative estimate of drug-likeness (QED) is 0.747. The molecule has 0 fully saturated rings.